The monoisotopic (exact) mass is 493 g/mol. The largest absolute Gasteiger partial charge is 0.457 e. The summed E-state index contributed by atoms with van der Waals surface area (Å²) >= 11 is 0. The van der Waals surface area contributed by atoms with Crippen molar-refractivity contribution in [2.45, 2.75) is 72.2 Å². The summed E-state index contributed by atoms with van der Waals surface area (Å²) in [6.45, 7) is 12.3. The average molecular weight is 494 g/mol. The van der Waals surface area contributed by atoms with Crippen LogP contribution in [0.5, 0.6) is 0 Å². The topological polar surface area (TPSA) is 112 Å². The van der Waals surface area contributed by atoms with E-state index in [2.05, 4.69) is 23.6 Å². The molecule has 0 unspecified atom stereocenters. The Kier molecular flexibility index (Phi) is 8.02. The summed E-state index contributed by atoms with van der Waals surface area (Å²) < 4.78 is 39.7. The van der Waals surface area contributed by atoms with E-state index in [9.17, 15) is 18.0 Å². The van der Waals surface area contributed by atoms with E-state index in [-0.39, 0.29) is 36.1 Å². The van der Waals surface area contributed by atoms with Crippen molar-refractivity contribution in [2.75, 3.05) is 19.7 Å². The number of Topliss-reactive ketones (excluding diaryl/α,β-unsaturated/α-hetero) is 1. The number of carbonyl (C=O) groups is 2. The third-order valence-electron chi connectivity index (χ3n) is 6.50. The number of piperidine rings is 1. The van der Waals surface area contributed by atoms with Crippen LogP contribution in [0.25, 0.3) is 0 Å². The Bertz CT molecular complexity index is 1130. The lowest BCUT2D eigenvalue weighted by molar-refractivity contribution is -0.148. The van der Waals surface area contributed by atoms with Crippen molar-refractivity contribution in [1.82, 2.24) is 14.0 Å². The van der Waals surface area contributed by atoms with Gasteiger partial charge in [-0.25, -0.2) is 8.42 Å². The van der Waals surface area contributed by atoms with Gasteiger partial charge in [-0.05, 0) is 58.9 Å². The molecular formula is C24H35N3O6S. The molecule has 3 rings (SSSR count). The molecule has 10 heteroatoms. The molecule has 9 nitrogen and oxygen atoms in total. The van der Waals surface area contributed by atoms with E-state index in [0.29, 0.717) is 30.0 Å². The van der Waals surface area contributed by atoms with Gasteiger partial charge in [0.2, 0.25) is 15.8 Å². The number of carbonyl (C=O) groups excluding carboxylic acids is 2. The van der Waals surface area contributed by atoms with Gasteiger partial charge in [-0.3, -0.25) is 9.59 Å². The van der Waals surface area contributed by atoms with Crippen molar-refractivity contribution >= 4 is 21.8 Å². The van der Waals surface area contributed by atoms with Crippen LogP contribution in [0.3, 0.4) is 0 Å². The molecule has 0 aliphatic carbocycles. The van der Waals surface area contributed by atoms with Crippen molar-refractivity contribution in [3.63, 3.8) is 0 Å². The molecular weight excluding hydrogens is 458 g/mol. The molecule has 0 amide bonds. The van der Waals surface area contributed by atoms with Gasteiger partial charge in [0.15, 0.2) is 12.4 Å². The molecule has 1 fully saturated rings. The Morgan fingerprint density at radius 1 is 1.18 bits per heavy atom. The number of hydrogen-bond donors (Lipinski definition) is 0. The van der Waals surface area contributed by atoms with Crippen molar-refractivity contribution in [1.29, 1.82) is 0 Å². The predicted molar refractivity (Wildman–Crippen MR) is 126 cm³/mol. The van der Waals surface area contributed by atoms with Gasteiger partial charge in [-0.15, -0.1) is 0 Å². The van der Waals surface area contributed by atoms with Crippen LogP contribution in [0.2, 0.25) is 0 Å². The minimum absolute atomic E-state index is 0.0881. The predicted octanol–water partition coefficient (Wildman–Crippen LogP) is 3.58. The Balaban J connectivity index is 1.55. The number of rotatable bonds is 9. The number of ether oxygens (including phenoxy) is 1. The molecule has 1 aliphatic rings. The normalized spacial score (nSPS) is 15.7. The lowest BCUT2D eigenvalue weighted by Crippen LogP contribution is -2.41. The summed E-state index contributed by atoms with van der Waals surface area (Å²) in [5, 5.41) is 3.73. The number of esters is 1. The van der Waals surface area contributed by atoms with Crippen LogP contribution in [-0.4, -0.2) is 53.9 Å². The lowest BCUT2D eigenvalue weighted by atomic mass is 9.98. The molecule has 0 atom stereocenters. The molecule has 2 aromatic heterocycles. The quantitative estimate of drug-likeness (QED) is 0.388. The van der Waals surface area contributed by atoms with Gasteiger partial charge in [0.1, 0.15) is 10.6 Å². The number of sulfonamides is 1. The summed E-state index contributed by atoms with van der Waals surface area (Å²) in [7, 11) is -3.74. The van der Waals surface area contributed by atoms with E-state index in [1.807, 2.05) is 19.9 Å². The van der Waals surface area contributed by atoms with Gasteiger partial charge in [0, 0.05) is 36.6 Å². The van der Waals surface area contributed by atoms with Crippen LogP contribution in [-0.2, 0) is 26.1 Å². The van der Waals surface area contributed by atoms with E-state index in [0.717, 1.165) is 24.4 Å². The first-order chi connectivity index (χ1) is 15.9. The first-order valence-corrected chi connectivity index (χ1v) is 13.2. The first-order valence-electron chi connectivity index (χ1n) is 11.7. The van der Waals surface area contributed by atoms with E-state index < -0.39 is 21.9 Å². The zero-order valence-corrected chi connectivity index (χ0v) is 21.7. The zero-order valence-electron chi connectivity index (χ0n) is 20.9. The molecule has 1 aliphatic heterocycles. The second-order valence-electron chi connectivity index (χ2n) is 9.48. The van der Waals surface area contributed by atoms with E-state index in [4.69, 9.17) is 9.26 Å². The van der Waals surface area contributed by atoms with Crippen molar-refractivity contribution in [3.05, 3.63) is 34.5 Å². The number of aryl methyl sites for hydroxylation is 3. The van der Waals surface area contributed by atoms with Crippen molar-refractivity contribution in [2.24, 2.45) is 11.8 Å². The molecule has 188 valence electrons. The van der Waals surface area contributed by atoms with Gasteiger partial charge in [0.05, 0.1) is 5.92 Å². The number of nitrogens with zero attached hydrogens (tertiary/aromatic N) is 3. The van der Waals surface area contributed by atoms with Crippen molar-refractivity contribution in [3.8, 4) is 0 Å². The molecule has 34 heavy (non-hydrogen) atoms. The fourth-order valence-electron chi connectivity index (χ4n) is 4.45. The minimum Gasteiger partial charge on any atom is -0.457 e. The highest BCUT2D eigenvalue weighted by Gasteiger charge is 2.36. The first kappa shape index (κ1) is 26.2. The summed E-state index contributed by atoms with van der Waals surface area (Å²) in [6.07, 6.45) is 1.68. The van der Waals surface area contributed by atoms with Crippen LogP contribution in [0.1, 0.15) is 66.3 Å². The van der Waals surface area contributed by atoms with Gasteiger partial charge < -0.3 is 13.8 Å². The number of hydrogen-bond acceptors (Lipinski definition) is 7. The fourth-order valence-corrected chi connectivity index (χ4v) is 6.21. The summed E-state index contributed by atoms with van der Waals surface area (Å²) in [4.78, 5) is 25.4. The fraction of sp³-hybridized carbons (Fsp3) is 0.625. The van der Waals surface area contributed by atoms with Crippen LogP contribution in [0.15, 0.2) is 15.5 Å². The van der Waals surface area contributed by atoms with Crippen LogP contribution in [0.4, 0.5) is 0 Å². The number of ketones is 1. The Morgan fingerprint density at radius 3 is 2.38 bits per heavy atom. The molecule has 0 saturated carbocycles. The van der Waals surface area contributed by atoms with Gasteiger partial charge in [-0.2, -0.15) is 4.31 Å². The highest BCUT2D eigenvalue weighted by atomic mass is 32.2. The van der Waals surface area contributed by atoms with E-state index in [1.165, 1.54) is 4.31 Å². The standard InChI is InChI=1S/C24H35N3O6S/c1-15(2)7-12-27-16(3)13-21(18(27)5)22(28)14-32-24(29)20-8-10-26(11-9-20)34(30,31)23-17(4)25-33-19(23)6/h13,15,20H,7-12,14H2,1-6H3. The molecule has 2 aromatic rings. The molecule has 1 saturated heterocycles. The molecule has 0 bridgehead atoms. The third-order valence-corrected chi connectivity index (χ3v) is 8.65. The van der Waals surface area contributed by atoms with Crippen molar-refractivity contribution < 1.29 is 27.3 Å². The van der Waals surface area contributed by atoms with Gasteiger partial charge in [0.25, 0.3) is 0 Å². The molecule has 0 spiro atoms. The second kappa shape index (κ2) is 10.4. The maximum Gasteiger partial charge on any atom is 0.309 e. The molecule has 0 aromatic carbocycles. The zero-order chi connectivity index (χ0) is 25.2. The van der Waals surface area contributed by atoms with E-state index in [1.54, 1.807) is 13.8 Å². The van der Waals surface area contributed by atoms with Crippen LogP contribution in [0, 0.1) is 39.5 Å². The number of aromatic nitrogens is 2. The second-order valence-corrected chi connectivity index (χ2v) is 11.4. The molecule has 3 heterocycles. The Morgan fingerprint density at radius 2 is 1.82 bits per heavy atom. The smallest absolute Gasteiger partial charge is 0.309 e. The van der Waals surface area contributed by atoms with E-state index >= 15 is 0 Å². The third kappa shape index (κ3) is 5.43. The van der Waals surface area contributed by atoms with Gasteiger partial charge >= 0.3 is 5.97 Å². The average Bonchev–Trinajstić information content (AvgIpc) is 3.27. The minimum atomic E-state index is -3.74. The highest BCUT2D eigenvalue weighted by molar-refractivity contribution is 7.89. The Hall–Kier alpha value is -2.46. The summed E-state index contributed by atoms with van der Waals surface area (Å²) in [5.41, 5.74) is 2.80. The highest BCUT2D eigenvalue weighted by Crippen LogP contribution is 2.28. The maximum absolute atomic E-state index is 12.9. The SMILES string of the molecule is Cc1noc(C)c1S(=O)(=O)N1CCC(C(=O)OCC(=O)c2cc(C)n(CCC(C)C)c2C)CC1. The maximum atomic E-state index is 12.9. The molecule has 0 radical (unpaired) electrons. The summed E-state index contributed by atoms with van der Waals surface area (Å²) in [6, 6.07) is 1.85. The lowest BCUT2D eigenvalue weighted by Gasteiger charge is -2.29. The summed E-state index contributed by atoms with van der Waals surface area (Å²) in [5.74, 6) is -0.317. The molecule has 0 N–H and O–H groups in total. The van der Waals surface area contributed by atoms with Crippen LogP contribution >= 0.6 is 0 Å². The van der Waals surface area contributed by atoms with Gasteiger partial charge in [-0.1, -0.05) is 19.0 Å². The Labute approximate surface area is 201 Å². The van der Waals surface area contributed by atoms with Crippen LogP contribution < -0.4 is 0 Å².